The zero-order valence-electron chi connectivity index (χ0n) is 19.9. The lowest BCUT2D eigenvalue weighted by molar-refractivity contribution is -0.127. The van der Waals surface area contributed by atoms with Crippen molar-refractivity contribution in [3.05, 3.63) is 81.4 Å². The molecule has 1 aromatic heterocycles. The van der Waals surface area contributed by atoms with E-state index in [0.29, 0.717) is 33.0 Å². The Bertz CT molecular complexity index is 1370. The summed E-state index contributed by atoms with van der Waals surface area (Å²) >= 11 is 4.25. The normalized spacial score (nSPS) is 14.1. The predicted molar refractivity (Wildman–Crippen MR) is 144 cm³/mol. The number of pyridine rings is 1. The molecule has 37 heavy (non-hydrogen) atoms. The average Bonchev–Trinajstić information content (AvgIpc) is 3.15. The molecule has 1 N–H and O–H groups in total. The second kappa shape index (κ2) is 11.9. The Kier molecular flexibility index (Phi) is 8.47. The number of rotatable bonds is 9. The Hall–Kier alpha value is -3.83. The number of anilines is 1. The van der Waals surface area contributed by atoms with E-state index in [4.69, 9.17) is 14.2 Å². The van der Waals surface area contributed by atoms with Crippen LogP contribution < -0.4 is 19.5 Å². The van der Waals surface area contributed by atoms with Crippen molar-refractivity contribution in [2.45, 2.75) is 6.61 Å². The first kappa shape index (κ1) is 26.2. The average molecular weight is 584 g/mol. The van der Waals surface area contributed by atoms with Gasteiger partial charge in [-0.05, 0) is 75.7 Å². The molecule has 0 radical (unpaired) electrons. The van der Waals surface area contributed by atoms with Crippen molar-refractivity contribution in [2.24, 2.45) is 0 Å². The zero-order valence-corrected chi connectivity index (χ0v) is 22.3. The van der Waals surface area contributed by atoms with Gasteiger partial charge in [0.1, 0.15) is 18.9 Å². The highest BCUT2D eigenvalue weighted by Crippen LogP contribution is 2.39. The number of para-hydroxylation sites is 2. The highest BCUT2D eigenvalue weighted by Gasteiger charge is 2.36. The van der Waals surface area contributed by atoms with Crippen LogP contribution in [0.4, 0.5) is 10.5 Å². The second-order valence-corrected chi connectivity index (χ2v) is 9.51. The summed E-state index contributed by atoms with van der Waals surface area (Å²) in [6, 6.07) is 15.9. The van der Waals surface area contributed by atoms with E-state index in [1.165, 1.54) is 14.2 Å². The first-order valence-electron chi connectivity index (χ1n) is 11.0. The summed E-state index contributed by atoms with van der Waals surface area (Å²) in [5, 5.41) is 2.13. The van der Waals surface area contributed by atoms with Crippen LogP contribution in [0.1, 0.15) is 11.3 Å². The molecule has 9 nitrogen and oxygen atoms in total. The van der Waals surface area contributed by atoms with Gasteiger partial charge in [0.25, 0.3) is 11.1 Å². The molecule has 2 aromatic carbocycles. The molecule has 1 fully saturated rings. The number of benzene rings is 2. The van der Waals surface area contributed by atoms with Crippen molar-refractivity contribution in [3.63, 3.8) is 0 Å². The quantitative estimate of drug-likeness (QED) is 0.346. The Labute approximate surface area is 225 Å². The van der Waals surface area contributed by atoms with Gasteiger partial charge in [0, 0.05) is 6.20 Å². The maximum Gasteiger partial charge on any atom is 0.294 e. The topological polar surface area (TPSA) is 107 Å². The van der Waals surface area contributed by atoms with Gasteiger partial charge < -0.3 is 19.5 Å². The molecule has 0 unspecified atom stereocenters. The van der Waals surface area contributed by atoms with Crippen molar-refractivity contribution in [3.8, 4) is 17.2 Å². The highest BCUT2D eigenvalue weighted by molar-refractivity contribution is 9.10. The lowest BCUT2D eigenvalue weighted by atomic mass is 10.2. The van der Waals surface area contributed by atoms with Crippen LogP contribution in [-0.4, -0.2) is 47.7 Å². The minimum absolute atomic E-state index is 0.186. The van der Waals surface area contributed by atoms with E-state index in [-0.39, 0.29) is 11.5 Å². The van der Waals surface area contributed by atoms with E-state index in [9.17, 15) is 14.4 Å². The summed E-state index contributed by atoms with van der Waals surface area (Å²) in [6.45, 7) is -0.182. The first-order chi connectivity index (χ1) is 17.9. The summed E-state index contributed by atoms with van der Waals surface area (Å²) in [7, 11) is 2.99. The number of thioether (sulfide) groups is 1. The fourth-order valence-electron chi connectivity index (χ4n) is 3.46. The molecule has 190 valence electrons. The van der Waals surface area contributed by atoms with Crippen molar-refractivity contribution in [2.75, 3.05) is 26.1 Å². The number of hydrogen-bond donors (Lipinski definition) is 1. The molecular formula is C26H22BrN3O6S. The fraction of sp³-hybridized carbons (Fsp3) is 0.154. The minimum Gasteiger partial charge on any atom is -0.495 e. The summed E-state index contributed by atoms with van der Waals surface area (Å²) < 4.78 is 17.2. The van der Waals surface area contributed by atoms with E-state index in [2.05, 4.69) is 26.2 Å². The summed E-state index contributed by atoms with van der Waals surface area (Å²) in [4.78, 5) is 43.3. The van der Waals surface area contributed by atoms with Gasteiger partial charge in [0.15, 0.2) is 11.5 Å². The Morgan fingerprint density at radius 3 is 2.57 bits per heavy atom. The minimum atomic E-state index is -0.559. The smallest absolute Gasteiger partial charge is 0.294 e. The summed E-state index contributed by atoms with van der Waals surface area (Å²) in [5.41, 5.74) is 1.81. The lowest BCUT2D eigenvalue weighted by Crippen LogP contribution is -2.36. The Morgan fingerprint density at radius 1 is 1.08 bits per heavy atom. The number of halogens is 1. The standard InChI is InChI=1S/C26H22BrN3O6S/c1-34-20-9-4-3-8-19(20)29-23(31)14-30-25(32)22(37-26(30)33)13-16-11-18(27)24(21(12-16)35-2)36-15-17-7-5-6-10-28-17/h3-13H,14-15H2,1-2H3,(H,29,31)/b22-13+. The maximum absolute atomic E-state index is 12.9. The molecule has 1 saturated heterocycles. The molecule has 1 aliphatic rings. The number of imide groups is 1. The van der Waals surface area contributed by atoms with Crippen LogP contribution in [0.15, 0.2) is 70.2 Å². The molecule has 3 amide bonds. The second-order valence-electron chi connectivity index (χ2n) is 7.66. The van der Waals surface area contributed by atoms with Crippen molar-refractivity contribution < 1.29 is 28.6 Å². The van der Waals surface area contributed by atoms with Gasteiger partial charge in [-0.25, -0.2) is 0 Å². The van der Waals surface area contributed by atoms with E-state index < -0.39 is 23.6 Å². The number of methoxy groups -OCH3 is 2. The lowest BCUT2D eigenvalue weighted by Gasteiger charge is -2.14. The van der Waals surface area contributed by atoms with Crippen LogP contribution in [0.5, 0.6) is 17.2 Å². The van der Waals surface area contributed by atoms with Crippen LogP contribution in [0.2, 0.25) is 0 Å². The van der Waals surface area contributed by atoms with E-state index >= 15 is 0 Å². The zero-order chi connectivity index (χ0) is 26.4. The van der Waals surface area contributed by atoms with E-state index in [1.807, 2.05) is 18.2 Å². The van der Waals surface area contributed by atoms with Gasteiger partial charge in [-0.1, -0.05) is 18.2 Å². The molecule has 4 rings (SSSR count). The van der Waals surface area contributed by atoms with Gasteiger partial charge in [-0.2, -0.15) is 0 Å². The summed E-state index contributed by atoms with van der Waals surface area (Å²) in [5.74, 6) is 0.304. The van der Waals surface area contributed by atoms with Crippen LogP contribution >= 0.6 is 27.7 Å². The SMILES string of the molecule is COc1ccccc1NC(=O)CN1C(=O)S/C(=C/c2cc(Br)c(OCc3ccccn3)c(OC)c2)C1=O. The van der Waals surface area contributed by atoms with Crippen molar-refractivity contribution in [1.29, 1.82) is 0 Å². The number of ether oxygens (including phenoxy) is 3. The van der Waals surface area contributed by atoms with Gasteiger partial charge in [-0.15, -0.1) is 0 Å². The van der Waals surface area contributed by atoms with Crippen LogP contribution in [0.25, 0.3) is 6.08 Å². The Morgan fingerprint density at radius 2 is 1.84 bits per heavy atom. The predicted octanol–water partition coefficient (Wildman–Crippen LogP) is 5.12. The molecule has 0 aliphatic carbocycles. The molecule has 2 heterocycles. The number of aromatic nitrogens is 1. The molecule has 0 spiro atoms. The summed E-state index contributed by atoms with van der Waals surface area (Å²) in [6.07, 6.45) is 3.25. The third-order valence-corrected chi connectivity index (χ3v) is 6.69. The largest absolute Gasteiger partial charge is 0.495 e. The third kappa shape index (κ3) is 6.30. The third-order valence-electron chi connectivity index (χ3n) is 5.20. The molecule has 3 aromatic rings. The van der Waals surface area contributed by atoms with Crippen LogP contribution in [0, 0.1) is 0 Å². The molecular weight excluding hydrogens is 562 g/mol. The van der Waals surface area contributed by atoms with Crippen LogP contribution in [-0.2, 0) is 16.2 Å². The van der Waals surface area contributed by atoms with E-state index in [0.717, 1.165) is 22.4 Å². The number of hydrogen-bond acceptors (Lipinski definition) is 8. The molecule has 0 saturated carbocycles. The molecule has 11 heteroatoms. The van der Waals surface area contributed by atoms with Gasteiger partial charge in [-0.3, -0.25) is 24.3 Å². The number of carbonyl (C=O) groups excluding carboxylic acids is 3. The highest BCUT2D eigenvalue weighted by atomic mass is 79.9. The maximum atomic E-state index is 12.9. The van der Waals surface area contributed by atoms with E-state index in [1.54, 1.807) is 48.7 Å². The molecule has 1 aliphatic heterocycles. The number of carbonyl (C=O) groups is 3. The molecule has 0 atom stereocenters. The number of amides is 3. The van der Waals surface area contributed by atoms with Gasteiger partial charge in [0.2, 0.25) is 5.91 Å². The number of nitrogens with one attached hydrogen (secondary N) is 1. The van der Waals surface area contributed by atoms with Gasteiger partial charge in [0.05, 0.1) is 35.0 Å². The fourth-order valence-corrected chi connectivity index (χ4v) is 4.87. The molecule has 0 bridgehead atoms. The number of nitrogens with zero attached hydrogens (tertiary/aromatic N) is 2. The monoisotopic (exact) mass is 583 g/mol. The van der Waals surface area contributed by atoms with Crippen LogP contribution in [0.3, 0.4) is 0 Å². The van der Waals surface area contributed by atoms with Crippen molar-refractivity contribution in [1.82, 2.24) is 9.88 Å². The first-order valence-corrected chi connectivity index (χ1v) is 12.6. The van der Waals surface area contributed by atoms with Gasteiger partial charge >= 0.3 is 0 Å². The van der Waals surface area contributed by atoms with Crippen molar-refractivity contribution >= 4 is 56.5 Å². The Balaban J connectivity index is 1.47.